The van der Waals surface area contributed by atoms with Crippen LogP contribution in [0.3, 0.4) is 0 Å². The van der Waals surface area contributed by atoms with E-state index in [2.05, 4.69) is 15.0 Å². The van der Waals surface area contributed by atoms with Crippen molar-refractivity contribution in [2.75, 3.05) is 27.1 Å². The number of rotatable bonds is 5. The molecule has 0 atom stereocenters. The Labute approximate surface area is 162 Å². The highest BCUT2D eigenvalue weighted by Crippen LogP contribution is 2.43. The fraction of sp³-hybridized carbons (Fsp3) is 0.143. The van der Waals surface area contributed by atoms with Crippen molar-refractivity contribution in [2.45, 2.75) is 0 Å². The van der Waals surface area contributed by atoms with Crippen molar-refractivity contribution < 1.29 is 14.2 Å². The normalized spacial score (nSPS) is 10.8. The number of anilines is 1. The van der Waals surface area contributed by atoms with Gasteiger partial charge in [-0.15, -0.1) is 0 Å². The number of hydrogen-bond acceptors (Lipinski definition) is 6. The molecule has 0 saturated heterocycles. The molecule has 0 fully saturated rings. The van der Waals surface area contributed by atoms with Gasteiger partial charge in [0.25, 0.3) is 0 Å². The van der Waals surface area contributed by atoms with Gasteiger partial charge in [-0.05, 0) is 24.3 Å². The number of pyridine rings is 1. The largest absolute Gasteiger partial charge is 0.493 e. The van der Waals surface area contributed by atoms with Gasteiger partial charge < -0.3 is 24.9 Å². The molecule has 0 radical (unpaired) electrons. The summed E-state index contributed by atoms with van der Waals surface area (Å²) in [5.74, 6) is 1.93. The van der Waals surface area contributed by atoms with Crippen LogP contribution in [0.25, 0.3) is 33.4 Å². The first kappa shape index (κ1) is 17.7. The minimum Gasteiger partial charge on any atom is -0.493 e. The molecular weight excluding hydrogens is 356 g/mol. The number of nitrogens with one attached hydrogen (secondary N) is 1. The zero-order chi connectivity index (χ0) is 19.7. The van der Waals surface area contributed by atoms with Gasteiger partial charge >= 0.3 is 0 Å². The van der Waals surface area contributed by atoms with Crippen LogP contribution in [0.5, 0.6) is 17.2 Å². The molecule has 4 rings (SSSR count). The van der Waals surface area contributed by atoms with Gasteiger partial charge in [0.15, 0.2) is 17.4 Å². The fourth-order valence-electron chi connectivity index (χ4n) is 3.33. The van der Waals surface area contributed by atoms with E-state index in [1.165, 1.54) is 0 Å². The Bertz CT molecular complexity index is 1120. The molecule has 2 aromatic heterocycles. The van der Waals surface area contributed by atoms with Crippen molar-refractivity contribution >= 4 is 16.9 Å². The molecule has 0 spiro atoms. The first-order valence-electron chi connectivity index (χ1n) is 8.66. The molecule has 0 unspecified atom stereocenters. The number of aromatic nitrogens is 3. The van der Waals surface area contributed by atoms with Crippen LogP contribution < -0.4 is 19.9 Å². The van der Waals surface area contributed by atoms with Crippen molar-refractivity contribution in [1.29, 1.82) is 0 Å². The molecule has 7 nitrogen and oxygen atoms in total. The first-order valence-corrected chi connectivity index (χ1v) is 8.66. The highest BCUT2D eigenvalue weighted by molar-refractivity contribution is 5.97. The molecule has 2 aromatic carbocycles. The quantitative estimate of drug-likeness (QED) is 0.548. The number of fused-ring (bicyclic) bond motifs is 1. The number of benzene rings is 2. The SMILES string of the molecule is COc1cc(-c2nc(N)[nH]c2-c2ccnc3ccccc23)cc(OC)c1OC. The summed E-state index contributed by atoms with van der Waals surface area (Å²) in [4.78, 5) is 12.1. The molecule has 142 valence electrons. The fourth-order valence-corrected chi connectivity index (χ4v) is 3.33. The summed E-state index contributed by atoms with van der Waals surface area (Å²) < 4.78 is 16.4. The van der Waals surface area contributed by atoms with Crippen molar-refractivity contribution in [2.24, 2.45) is 0 Å². The molecule has 0 aliphatic carbocycles. The number of nitrogens with zero attached hydrogens (tertiary/aromatic N) is 2. The molecule has 7 heteroatoms. The second-order valence-corrected chi connectivity index (χ2v) is 6.14. The number of imidazole rings is 1. The summed E-state index contributed by atoms with van der Waals surface area (Å²) in [7, 11) is 4.73. The van der Waals surface area contributed by atoms with Gasteiger partial charge in [-0.3, -0.25) is 4.98 Å². The predicted molar refractivity (Wildman–Crippen MR) is 109 cm³/mol. The molecule has 2 heterocycles. The maximum absolute atomic E-state index is 6.03. The van der Waals surface area contributed by atoms with E-state index in [9.17, 15) is 0 Å². The molecular formula is C21H20N4O3. The van der Waals surface area contributed by atoms with Crippen LogP contribution in [0.4, 0.5) is 5.95 Å². The van der Waals surface area contributed by atoms with Crippen LogP contribution in [0.15, 0.2) is 48.7 Å². The van der Waals surface area contributed by atoms with Crippen LogP contribution in [0.1, 0.15) is 0 Å². The highest BCUT2D eigenvalue weighted by atomic mass is 16.5. The van der Waals surface area contributed by atoms with E-state index in [4.69, 9.17) is 19.9 Å². The van der Waals surface area contributed by atoms with Crippen LogP contribution in [0.2, 0.25) is 0 Å². The lowest BCUT2D eigenvalue weighted by Gasteiger charge is -2.14. The van der Waals surface area contributed by atoms with Crippen LogP contribution in [0, 0.1) is 0 Å². The third-order valence-corrected chi connectivity index (χ3v) is 4.58. The smallest absolute Gasteiger partial charge is 0.203 e. The van der Waals surface area contributed by atoms with E-state index in [1.54, 1.807) is 27.5 Å². The van der Waals surface area contributed by atoms with Gasteiger partial charge in [0.2, 0.25) is 5.75 Å². The summed E-state index contributed by atoms with van der Waals surface area (Å²) in [6.07, 6.45) is 1.77. The Hall–Kier alpha value is -3.74. The van der Waals surface area contributed by atoms with E-state index in [1.807, 2.05) is 42.5 Å². The number of H-pyrrole nitrogens is 1. The lowest BCUT2D eigenvalue weighted by atomic mass is 10.0. The number of methoxy groups -OCH3 is 3. The van der Waals surface area contributed by atoms with Crippen molar-refractivity contribution in [1.82, 2.24) is 15.0 Å². The lowest BCUT2D eigenvalue weighted by Crippen LogP contribution is -1.96. The maximum atomic E-state index is 6.03. The van der Waals surface area contributed by atoms with Gasteiger partial charge in [-0.25, -0.2) is 4.98 Å². The third kappa shape index (κ3) is 2.87. The Morgan fingerprint density at radius 2 is 1.64 bits per heavy atom. The van der Waals surface area contributed by atoms with Gasteiger partial charge in [0.05, 0.1) is 38.2 Å². The van der Waals surface area contributed by atoms with E-state index in [0.717, 1.165) is 27.7 Å². The molecule has 3 N–H and O–H groups in total. The Morgan fingerprint density at radius 3 is 2.32 bits per heavy atom. The van der Waals surface area contributed by atoms with Gasteiger partial charge in [0, 0.05) is 22.7 Å². The minimum atomic E-state index is 0.319. The monoisotopic (exact) mass is 376 g/mol. The average molecular weight is 376 g/mol. The standard InChI is InChI=1S/C21H20N4O3/c1-26-16-10-12(11-17(27-2)20(16)28-3)18-19(25-21(22)24-18)14-8-9-23-15-7-5-4-6-13(14)15/h4-11H,1-3H3,(H3,22,24,25). The second kappa shape index (κ2) is 7.11. The van der Waals surface area contributed by atoms with Gasteiger partial charge in [-0.1, -0.05) is 18.2 Å². The van der Waals surface area contributed by atoms with E-state index in [0.29, 0.717) is 28.9 Å². The number of ether oxygens (including phenoxy) is 3. The van der Waals surface area contributed by atoms with Crippen LogP contribution >= 0.6 is 0 Å². The van der Waals surface area contributed by atoms with E-state index >= 15 is 0 Å². The highest BCUT2D eigenvalue weighted by Gasteiger charge is 2.20. The lowest BCUT2D eigenvalue weighted by molar-refractivity contribution is 0.324. The molecule has 4 aromatic rings. The molecule has 28 heavy (non-hydrogen) atoms. The molecule has 0 aliphatic rings. The van der Waals surface area contributed by atoms with Crippen molar-refractivity contribution in [3.8, 4) is 39.8 Å². The average Bonchev–Trinajstić information content (AvgIpc) is 3.13. The molecule has 0 amide bonds. The molecule has 0 saturated carbocycles. The van der Waals surface area contributed by atoms with Crippen molar-refractivity contribution in [3.05, 3.63) is 48.7 Å². The number of aromatic amines is 1. The summed E-state index contributed by atoms with van der Waals surface area (Å²) in [6, 6.07) is 13.6. The van der Waals surface area contributed by atoms with Gasteiger partial charge in [-0.2, -0.15) is 0 Å². The summed E-state index contributed by atoms with van der Waals surface area (Å²) in [5, 5.41) is 1.00. The zero-order valence-electron chi connectivity index (χ0n) is 15.8. The van der Waals surface area contributed by atoms with Crippen LogP contribution in [-0.2, 0) is 0 Å². The summed E-state index contributed by atoms with van der Waals surface area (Å²) in [5.41, 5.74) is 10.2. The number of nitrogens with two attached hydrogens (primary N) is 1. The third-order valence-electron chi connectivity index (χ3n) is 4.58. The Balaban J connectivity index is 1.97. The zero-order valence-corrected chi connectivity index (χ0v) is 15.8. The van der Waals surface area contributed by atoms with Gasteiger partial charge in [0.1, 0.15) is 0 Å². The maximum Gasteiger partial charge on any atom is 0.203 e. The molecule has 0 bridgehead atoms. The number of para-hydroxylation sites is 1. The number of hydrogen-bond donors (Lipinski definition) is 2. The van der Waals surface area contributed by atoms with E-state index in [-0.39, 0.29) is 0 Å². The predicted octanol–water partition coefficient (Wildman–Crippen LogP) is 3.90. The summed E-state index contributed by atoms with van der Waals surface area (Å²) in [6.45, 7) is 0. The molecule has 0 aliphatic heterocycles. The van der Waals surface area contributed by atoms with Crippen molar-refractivity contribution in [3.63, 3.8) is 0 Å². The minimum absolute atomic E-state index is 0.319. The Morgan fingerprint density at radius 1 is 0.929 bits per heavy atom. The van der Waals surface area contributed by atoms with Crippen LogP contribution in [-0.4, -0.2) is 36.3 Å². The summed E-state index contributed by atoms with van der Waals surface area (Å²) >= 11 is 0. The first-order chi connectivity index (χ1) is 13.7. The topological polar surface area (TPSA) is 95.3 Å². The Kier molecular flexibility index (Phi) is 4.49. The number of nitrogen functional groups attached to an aromatic ring is 1. The van der Waals surface area contributed by atoms with E-state index < -0.39 is 0 Å². The second-order valence-electron chi connectivity index (χ2n) is 6.14.